The number of ether oxygens (including phenoxy) is 3. The van der Waals surface area contributed by atoms with Gasteiger partial charge in [0, 0.05) is 42.8 Å². The standard InChI is InChI=1S/C25H23ClN4O3.C17H15ClN4O2.C15H11ClN4O2.C12H10ClN/c1-3-33-25(31)23-24(30(29-28-23)16-17-4-14-22(32-2)15-5-17)27-21-12-8-19(9-13-21)18-6-10-20(26)11-7-18;1-2-24-17(23)15-16(21-22-20-15)19-14-9-5-12(6-10-14)11-3-7-13(18)8-4-11;16-11-5-1-9(2-6-11)10-3-7-12(8-4-10)17-14-13(15(21)22)18-20-19-14;13-11-5-1-9(2-6-11)10-3-7-12(14)8-4-10/h4-15,27H,3,16H2,1-2H3;3-10H,2H2,1H3,(H2,19,20,21,22);1-8H,(H,21,22)(H2,17,18,19,20);1-8H,14H2. The van der Waals surface area contributed by atoms with Crippen molar-refractivity contribution in [3.05, 3.63) is 261 Å². The second-order valence-electron chi connectivity index (χ2n) is 19.8. The molecule has 0 fully saturated rings. The number of carbonyl (C=O) groups excluding carboxylic acids is 2. The molecule has 0 aliphatic heterocycles. The molecule has 0 saturated carbocycles. The Hall–Kier alpha value is -11.0. The molecule has 0 atom stereocenters. The highest BCUT2D eigenvalue weighted by atomic mass is 35.5. The highest BCUT2D eigenvalue weighted by Gasteiger charge is 2.22. The van der Waals surface area contributed by atoms with Crippen LogP contribution in [0.25, 0.3) is 44.5 Å². The molecule has 0 bridgehead atoms. The number of carboxylic acids is 1. The van der Waals surface area contributed by atoms with Crippen molar-refractivity contribution in [1.29, 1.82) is 0 Å². The van der Waals surface area contributed by atoms with Crippen molar-refractivity contribution in [2.75, 3.05) is 42.0 Å². The number of nitrogens with one attached hydrogen (secondary N) is 5. The van der Waals surface area contributed by atoms with Crippen LogP contribution in [0.2, 0.25) is 20.1 Å². The monoisotopic (exact) mass is 1320 g/mol. The molecule has 8 N–H and O–H groups in total. The molecule has 0 spiro atoms. The van der Waals surface area contributed by atoms with Crippen LogP contribution in [0.5, 0.6) is 5.75 Å². The van der Waals surface area contributed by atoms with Gasteiger partial charge in [0.1, 0.15) is 5.75 Å². The van der Waals surface area contributed by atoms with Crippen molar-refractivity contribution in [2.24, 2.45) is 0 Å². The summed E-state index contributed by atoms with van der Waals surface area (Å²) < 4.78 is 17.0. The summed E-state index contributed by atoms with van der Waals surface area (Å²) in [4.78, 5) is 35.2. The summed E-state index contributed by atoms with van der Waals surface area (Å²) in [6, 6.07) is 69.1. The largest absolute Gasteiger partial charge is 0.497 e. The molecule has 0 unspecified atom stereocenters. The zero-order valence-corrected chi connectivity index (χ0v) is 53.0. The van der Waals surface area contributed by atoms with Crippen LogP contribution < -0.4 is 26.4 Å². The van der Waals surface area contributed by atoms with Gasteiger partial charge in [-0.3, -0.25) is 0 Å². The lowest BCUT2D eigenvalue weighted by Gasteiger charge is -2.12. The number of methoxy groups -OCH3 is 1. The minimum Gasteiger partial charge on any atom is -0.497 e. The summed E-state index contributed by atoms with van der Waals surface area (Å²) >= 11 is 23.6. The van der Waals surface area contributed by atoms with Crippen LogP contribution in [0, 0.1) is 0 Å². The van der Waals surface area contributed by atoms with Crippen LogP contribution in [0.1, 0.15) is 50.9 Å². The normalized spacial score (nSPS) is 10.4. The Kier molecular flexibility index (Phi) is 23.3. The summed E-state index contributed by atoms with van der Waals surface area (Å²) in [7, 11) is 1.62. The summed E-state index contributed by atoms with van der Waals surface area (Å²) in [6.07, 6.45) is 0. The first-order valence-corrected chi connectivity index (χ1v) is 30.1. The number of nitrogen functional groups attached to an aromatic ring is 1. The Bertz CT molecular complexity index is 4320. The van der Waals surface area contributed by atoms with Gasteiger partial charge >= 0.3 is 17.9 Å². The van der Waals surface area contributed by atoms with Gasteiger partial charge in [-0.15, -0.1) is 25.5 Å². The molecule has 0 aliphatic carbocycles. The highest BCUT2D eigenvalue weighted by Crippen LogP contribution is 2.30. The lowest BCUT2D eigenvalue weighted by molar-refractivity contribution is 0.0511. The van der Waals surface area contributed by atoms with Crippen LogP contribution >= 0.6 is 46.4 Å². The third-order valence-electron chi connectivity index (χ3n) is 13.5. The minimum absolute atomic E-state index is 0.124. The first kappa shape index (κ1) is 66.4. The van der Waals surface area contributed by atoms with E-state index in [0.29, 0.717) is 38.9 Å². The van der Waals surface area contributed by atoms with Gasteiger partial charge in [0.25, 0.3) is 0 Å². The Labute approximate surface area is 554 Å². The van der Waals surface area contributed by atoms with E-state index in [1.165, 1.54) is 0 Å². The molecule has 470 valence electrons. The SMILES string of the molecule is CCOC(=O)c1n[nH]nc1Nc1ccc(-c2ccc(Cl)cc2)cc1.CCOC(=O)c1nnn(Cc2ccc(OC)cc2)c1Nc1ccc(-c2ccc(Cl)cc2)cc1.Nc1ccc(-c2ccc(Cl)cc2)cc1.O=C(O)c1n[nH]nc1Nc1ccc(-c2ccc(Cl)cc2)cc1. The maximum atomic E-state index is 12.5. The van der Waals surface area contributed by atoms with Gasteiger partial charge < -0.3 is 41.0 Å². The highest BCUT2D eigenvalue weighted by molar-refractivity contribution is 6.31. The van der Waals surface area contributed by atoms with Gasteiger partial charge in [0.05, 0.1) is 26.9 Å². The molecule has 24 heteroatoms. The predicted molar refractivity (Wildman–Crippen MR) is 366 cm³/mol. The number of aromatic nitrogens is 9. The fourth-order valence-corrected chi connectivity index (χ4v) is 9.31. The number of benzene rings is 9. The number of halogens is 4. The van der Waals surface area contributed by atoms with Crippen LogP contribution in [0.15, 0.2) is 218 Å². The van der Waals surface area contributed by atoms with Gasteiger partial charge in [0.2, 0.25) is 17.1 Å². The van der Waals surface area contributed by atoms with Crippen molar-refractivity contribution in [3.8, 4) is 50.3 Å². The third kappa shape index (κ3) is 18.8. The number of carbonyl (C=O) groups is 3. The Morgan fingerprint density at radius 3 is 1.15 bits per heavy atom. The van der Waals surface area contributed by atoms with Crippen molar-refractivity contribution >= 4 is 105 Å². The fourth-order valence-electron chi connectivity index (χ4n) is 8.81. The van der Waals surface area contributed by atoms with E-state index in [2.05, 4.69) is 57.1 Å². The Morgan fingerprint density at radius 2 is 0.785 bits per heavy atom. The van der Waals surface area contributed by atoms with Gasteiger partial charge in [-0.1, -0.05) is 161 Å². The summed E-state index contributed by atoms with van der Waals surface area (Å²) in [6.45, 7) is 4.44. The molecule has 9 aromatic carbocycles. The first-order valence-electron chi connectivity index (χ1n) is 28.6. The zero-order chi connectivity index (χ0) is 65.6. The van der Waals surface area contributed by atoms with Gasteiger partial charge in [-0.2, -0.15) is 10.4 Å². The van der Waals surface area contributed by atoms with Crippen LogP contribution in [0.3, 0.4) is 0 Å². The van der Waals surface area contributed by atoms with Crippen molar-refractivity contribution < 1.29 is 33.7 Å². The Balaban J connectivity index is 0.000000152. The lowest BCUT2D eigenvalue weighted by atomic mass is 10.1. The number of aromatic amines is 2. The van der Waals surface area contributed by atoms with Crippen molar-refractivity contribution in [3.63, 3.8) is 0 Å². The predicted octanol–water partition coefficient (Wildman–Crippen LogP) is 16.8. The maximum Gasteiger partial charge on any atom is 0.362 e. The topological polar surface area (TPSA) is 275 Å². The van der Waals surface area contributed by atoms with Crippen molar-refractivity contribution in [1.82, 2.24) is 45.8 Å². The molecule has 12 aromatic rings. The number of rotatable bonds is 18. The van der Waals surface area contributed by atoms with Gasteiger partial charge in [-0.05, 0) is 173 Å². The third-order valence-corrected chi connectivity index (χ3v) is 14.5. The summed E-state index contributed by atoms with van der Waals surface area (Å²) in [5.74, 6) is -0.467. The quantitative estimate of drug-likeness (QED) is 0.0311. The summed E-state index contributed by atoms with van der Waals surface area (Å²) in [5, 5.41) is 49.2. The second-order valence-corrected chi connectivity index (χ2v) is 21.6. The number of hydrogen-bond acceptors (Lipinski definition) is 16. The number of aromatic carboxylic acids is 1. The zero-order valence-electron chi connectivity index (χ0n) is 50.0. The van der Waals surface area contributed by atoms with E-state index in [9.17, 15) is 14.4 Å². The molecule has 93 heavy (non-hydrogen) atoms. The van der Waals surface area contributed by atoms with Crippen molar-refractivity contribution in [2.45, 2.75) is 20.4 Å². The molecule has 3 heterocycles. The average molecular weight is 1320 g/mol. The van der Waals surface area contributed by atoms with Crippen LogP contribution in [-0.4, -0.2) is 89.2 Å². The number of esters is 2. The Morgan fingerprint density at radius 1 is 0.452 bits per heavy atom. The minimum atomic E-state index is -1.14. The molecular weight excluding hydrogens is 1260 g/mol. The van der Waals surface area contributed by atoms with E-state index in [1.54, 1.807) is 25.6 Å². The number of H-pyrrole nitrogens is 2. The van der Waals surface area contributed by atoms with E-state index >= 15 is 0 Å². The molecule has 0 aliphatic rings. The second kappa shape index (κ2) is 32.6. The molecule has 12 rings (SSSR count). The average Bonchev–Trinajstić information content (AvgIpc) is 2.05. The molecule has 0 amide bonds. The smallest absolute Gasteiger partial charge is 0.362 e. The van der Waals surface area contributed by atoms with E-state index in [1.807, 2.05) is 218 Å². The first-order chi connectivity index (χ1) is 45.1. The maximum absolute atomic E-state index is 12.5. The summed E-state index contributed by atoms with van der Waals surface area (Å²) in [5.41, 5.74) is 18.4. The fraction of sp³-hybridized carbons (Fsp3) is 0.0870. The lowest BCUT2D eigenvalue weighted by Crippen LogP contribution is -2.11. The van der Waals surface area contributed by atoms with E-state index in [0.717, 1.165) is 77.9 Å². The van der Waals surface area contributed by atoms with Crippen LogP contribution in [-0.2, 0) is 16.0 Å². The number of hydrogen-bond donors (Lipinski definition) is 7. The van der Waals surface area contributed by atoms with E-state index < -0.39 is 17.9 Å². The number of nitrogens with two attached hydrogens (primary N) is 1. The van der Waals surface area contributed by atoms with E-state index in [4.69, 9.17) is 71.5 Å². The molecule has 3 aromatic heterocycles. The number of anilines is 7. The number of carboxylic acid groups (broad SMARTS) is 1. The molecule has 0 radical (unpaired) electrons. The van der Waals surface area contributed by atoms with Gasteiger partial charge in [-0.25, -0.2) is 19.1 Å². The van der Waals surface area contributed by atoms with Crippen LogP contribution in [0.4, 0.5) is 40.2 Å². The number of nitrogens with zero attached hydrogens (tertiary/aromatic N) is 7. The molecular formula is C69H59Cl4N13O7. The molecule has 20 nitrogen and oxygen atoms in total. The molecule has 0 saturated heterocycles. The van der Waals surface area contributed by atoms with Gasteiger partial charge in [0.15, 0.2) is 17.5 Å². The van der Waals surface area contributed by atoms with E-state index in [-0.39, 0.29) is 36.1 Å².